The minimum absolute atomic E-state index is 0.154. The summed E-state index contributed by atoms with van der Waals surface area (Å²) in [4.78, 5) is 40.5. The van der Waals surface area contributed by atoms with Crippen LogP contribution in [0.4, 0.5) is 0 Å². The third kappa shape index (κ3) is 2.80. The molecule has 9 nitrogen and oxygen atoms in total. The lowest BCUT2D eigenvalue weighted by Crippen LogP contribution is -2.37. The molecule has 0 fully saturated rings. The number of para-hydroxylation sites is 2. The molecule has 0 amide bonds. The smallest absolute Gasteiger partial charge is 0.332 e. The van der Waals surface area contributed by atoms with Gasteiger partial charge in [0.15, 0.2) is 22.7 Å². The predicted octanol–water partition coefficient (Wildman–Crippen LogP) is 0.0479. The average Bonchev–Trinajstić information content (AvgIpc) is 3.02. The molecule has 0 spiro atoms. The molecule has 0 atom stereocenters. The van der Waals surface area contributed by atoms with Crippen molar-refractivity contribution >= 4 is 17.1 Å². The fourth-order valence-electron chi connectivity index (χ4n) is 2.51. The molecule has 0 saturated heterocycles. The number of carbonyl (C=O) groups is 1. The number of rotatable bonds is 4. The van der Waals surface area contributed by atoms with Crippen molar-refractivity contribution in [1.82, 2.24) is 18.7 Å². The molecule has 2 aromatic heterocycles. The van der Waals surface area contributed by atoms with Crippen molar-refractivity contribution in [3.05, 3.63) is 51.4 Å². The molecule has 2 heterocycles. The number of hydrogen-bond acceptors (Lipinski definition) is 6. The minimum Gasteiger partial charge on any atom is -0.493 e. The van der Waals surface area contributed by atoms with E-state index < -0.39 is 17.2 Å². The van der Waals surface area contributed by atoms with Gasteiger partial charge in [-0.3, -0.25) is 13.9 Å². The van der Waals surface area contributed by atoms with Crippen LogP contribution in [0.25, 0.3) is 11.2 Å². The van der Waals surface area contributed by atoms with Crippen molar-refractivity contribution in [2.24, 2.45) is 14.1 Å². The highest BCUT2D eigenvalue weighted by Crippen LogP contribution is 2.26. The zero-order chi connectivity index (χ0) is 18.1. The van der Waals surface area contributed by atoms with Gasteiger partial charge in [0.25, 0.3) is 5.56 Å². The second-order valence-corrected chi connectivity index (χ2v) is 5.38. The minimum atomic E-state index is -0.597. The Bertz CT molecular complexity index is 1080. The maximum atomic E-state index is 12.3. The summed E-state index contributed by atoms with van der Waals surface area (Å²) < 4.78 is 14.0. The lowest BCUT2D eigenvalue weighted by Gasteiger charge is -2.09. The van der Waals surface area contributed by atoms with Crippen LogP contribution in [0.1, 0.15) is 0 Å². The van der Waals surface area contributed by atoms with E-state index in [1.165, 1.54) is 36.7 Å². The van der Waals surface area contributed by atoms with Crippen molar-refractivity contribution in [2.75, 3.05) is 7.11 Å². The second kappa shape index (κ2) is 6.27. The quantitative estimate of drug-likeness (QED) is 0.490. The van der Waals surface area contributed by atoms with E-state index in [-0.39, 0.29) is 23.5 Å². The molecule has 0 aliphatic heterocycles. The number of nitrogens with zero attached hydrogens (tertiary/aromatic N) is 4. The number of aryl methyl sites for hydroxylation is 1. The Kier molecular flexibility index (Phi) is 4.14. The molecule has 1 aromatic carbocycles. The van der Waals surface area contributed by atoms with E-state index in [4.69, 9.17) is 9.47 Å². The monoisotopic (exact) mass is 344 g/mol. The van der Waals surface area contributed by atoms with Gasteiger partial charge >= 0.3 is 11.7 Å². The van der Waals surface area contributed by atoms with Crippen LogP contribution in [0.2, 0.25) is 0 Å². The largest absolute Gasteiger partial charge is 0.493 e. The Balaban J connectivity index is 1.95. The van der Waals surface area contributed by atoms with Crippen molar-refractivity contribution in [2.45, 2.75) is 6.54 Å². The summed E-state index contributed by atoms with van der Waals surface area (Å²) in [5.74, 6) is 0.101. The number of carbonyl (C=O) groups excluding carboxylic acids is 1. The standard InChI is InChI=1S/C16H16N4O5/c1-18-14-13(15(22)19(2)16(18)23)20(9-17-14)8-12(21)25-11-7-5-4-6-10(11)24-3/h4-7,9H,8H2,1-3H3. The highest BCUT2D eigenvalue weighted by Gasteiger charge is 2.17. The highest BCUT2D eigenvalue weighted by molar-refractivity contribution is 5.77. The molecule has 0 unspecified atom stereocenters. The van der Waals surface area contributed by atoms with Gasteiger partial charge in [-0.15, -0.1) is 0 Å². The van der Waals surface area contributed by atoms with Crippen LogP contribution < -0.4 is 20.7 Å². The van der Waals surface area contributed by atoms with Crippen molar-refractivity contribution in [3.63, 3.8) is 0 Å². The first-order valence-corrected chi connectivity index (χ1v) is 7.38. The Morgan fingerprint density at radius 3 is 2.48 bits per heavy atom. The number of esters is 1. The lowest BCUT2D eigenvalue weighted by atomic mass is 10.3. The normalized spacial score (nSPS) is 10.8. The topological polar surface area (TPSA) is 97.3 Å². The molecule has 0 radical (unpaired) electrons. The summed E-state index contributed by atoms with van der Waals surface area (Å²) in [5.41, 5.74) is -0.653. The van der Waals surface area contributed by atoms with Crippen LogP contribution in [-0.2, 0) is 25.4 Å². The van der Waals surface area contributed by atoms with Gasteiger partial charge < -0.3 is 14.0 Å². The van der Waals surface area contributed by atoms with Crippen molar-refractivity contribution in [3.8, 4) is 11.5 Å². The molecule has 0 aliphatic carbocycles. The van der Waals surface area contributed by atoms with Crippen LogP contribution in [0.15, 0.2) is 40.2 Å². The Morgan fingerprint density at radius 1 is 1.12 bits per heavy atom. The van der Waals surface area contributed by atoms with Gasteiger partial charge in [-0.1, -0.05) is 12.1 Å². The zero-order valence-corrected chi connectivity index (χ0v) is 13.9. The fourth-order valence-corrected chi connectivity index (χ4v) is 2.51. The summed E-state index contributed by atoms with van der Waals surface area (Å²) in [5, 5.41) is 0. The predicted molar refractivity (Wildman–Crippen MR) is 88.8 cm³/mol. The molecular formula is C16H16N4O5. The van der Waals surface area contributed by atoms with Gasteiger partial charge in [0.2, 0.25) is 0 Å². The second-order valence-electron chi connectivity index (χ2n) is 5.38. The average molecular weight is 344 g/mol. The maximum absolute atomic E-state index is 12.3. The van der Waals surface area contributed by atoms with E-state index in [1.807, 2.05) is 0 Å². The Morgan fingerprint density at radius 2 is 1.80 bits per heavy atom. The first-order chi connectivity index (χ1) is 11.9. The number of ether oxygens (including phenoxy) is 2. The van der Waals surface area contributed by atoms with Gasteiger partial charge in [0.1, 0.15) is 6.54 Å². The molecule has 3 rings (SSSR count). The molecule has 25 heavy (non-hydrogen) atoms. The molecule has 0 aliphatic rings. The lowest BCUT2D eigenvalue weighted by molar-refractivity contribution is -0.135. The first-order valence-electron chi connectivity index (χ1n) is 7.38. The van der Waals surface area contributed by atoms with E-state index in [9.17, 15) is 14.4 Å². The number of fused-ring (bicyclic) bond motifs is 1. The van der Waals surface area contributed by atoms with E-state index >= 15 is 0 Å². The van der Waals surface area contributed by atoms with E-state index in [1.54, 1.807) is 24.3 Å². The Labute approximate surface area is 141 Å². The number of aromatic nitrogens is 4. The summed E-state index contributed by atoms with van der Waals surface area (Å²) in [6.07, 6.45) is 1.33. The SMILES string of the molecule is COc1ccccc1OC(=O)Cn1cnc2c1c(=O)n(C)c(=O)n2C. The third-order valence-electron chi connectivity index (χ3n) is 3.81. The maximum Gasteiger partial charge on any atom is 0.332 e. The summed E-state index contributed by atoms with van der Waals surface area (Å²) in [6, 6.07) is 6.74. The van der Waals surface area contributed by atoms with Crippen LogP contribution in [0.3, 0.4) is 0 Å². The van der Waals surface area contributed by atoms with Crippen LogP contribution in [0.5, 0.6) is 11.5 Å². The summed E-state index contributed by atoms with van der Waals surface area (Å²) in [6.45, 7) is -0.234. The first kappa shape index (κ1) is 16.5. The third-order valence-corrected chi connectivity index (χ3v) is 3.81. The number of methoxy groups -OCH3 is 1. The molecule has 0 bridgehead atoms. The molecule has 0 N–H and O–H groups in total. The fraction of sp³-hybridized carbons (Fsp3) is 0.250. The summed E-state index contributed by atoms with van der Waals surface area (Å²) >= 11 is 0. The van der Waals surface area contributed by atoms with Gasteiger partial charge in [-0.25, -0.2) is 14.6 Å². The molecule has 3 aromatic rings. The van der Waals surface area contributed by atoms with E-state index in [0.29, 0.717) is 5.75 Å². The van der Waals surface area contributed by atoms with E-state index in [2.05, 4.69) is 4.98 Å². The molecule has 130 valence electrons. The van der Waals surface area contributed by atoms with Crippen molar-refractivity contribution < 1.29 is 14.3 Å². The van der Waals surface area contributed by atoms with Crippen LogP contribution in [-0.4, -0.2) is 31.8 Å². The number of imidazole rings is 1. The van der Waals surface area contributed by atoms with Gasteiger partial charge in [0, 0.05) is 14.1 Å². The molecular weight excluding hydrogens is 328 g/mol. The van der Waals surface area contributed by atoms with E-state index in [0.717, 1.165) is 4.57 Å². The molecule has 0 saturated carbocycles. The zero-order valence-electron chi connectivity index (χ0n) is 13.9. The van der Waals surface area contributed by atoms with Crippen LogP contribution in [0, 0.1) is 0 Å². The number of hydrogen-bond donors (Lipinski definition) is 0. The molecule has 9 heteroatoms. The van der Waals surface area contributed by atoms with Crippen molar-refractivity contribution in [1.29, 1.82) is 0 Å². The van der Waals surface area contributed by atoms with Gasteiger partial charge in [-0.2, -0.15) is 0 Å². The summed E-state index contributed by atoms with van der Waals surface area (Å²) in [7, 11) is 4.35. The van der Waals surface area contributed by atoms with Gasteiger partial charge in [-0.05, 0) is 12.1 Å². The van der Waals surface area contributed by atoms with Crippen LogP contribution >= 0.6 is 0 Å². The Hall–Kier alpha value is -3.36. The highest BCUT2D eigenvalue weighted by atomic mass is 16.6. The van der Waals surface area contributed by atoms with Gasteiger partial charge in [0.05, 0.1) is 13.4 Å². The number of benzene rings is 1.